The zero-order chi connectivity index (χ0) is 13.1. The van der Waals surface area contributed by atoms with Crippen LogP contribution in [-0.4, -0.2) is 31.4 Å². The van der Waals surface area contributed by atoms with Crippen LogP contribution in [0, 0.1) is 5.92 Å². The topological polar surface area (TPSA) is 55.8 Å². The number of rotatable bonds is 5. The molecule has 1 heterocycles. The largest absolute Gasteiger partial charge is 0.496 e. The third-order valence-corrected chi connectivity index (χ3v) is 3.44. The van der Waals surface area contributed by atoms with Gasteiger partial charge in [-0.1, -0.05) is 19.1 Å². The van der Waals surface area contributed by atoms with Crippen LogP contribution in [0.4, 0.5) is 0 Å². The van der Waals surface area contributed by atoms with Gasteiger partial charge in [-0.2, -0.15) is 0 Å². The molecule has 0 amide bonds. The maximum Gasteiger partial charge on any atom is 0.311 e. The van der Waals surface area contributed by atoms with Crippen molar-refractivity contribution in [1.29, 1.82) is 0 Å². The number of benzene rings is 1. The van der Waals surface area contributed by atoms with E-state index in [0.29, 0.717) is 19.0 Å². The fourth-order valence-corrected chi connectivity index (χ4v) is 2.28. The Morgan fingerprint density at radius 2 is 2.28 bits per heavy atom. The van der Waals surface area contributed by atoms with E-state index in [1.54, 1.807) is 7.11 Å². The van der Waals surface area contributed by atoms with Crippen LogP contribution in [0.3, 0.4) is 0 Å². The van der Waals surface area contributed by atoms with Crippen LogP contribution in [0.1, 0.15) is 24.0 Å². The Balaban J connectivity index is 2.40. The molecule has 2 rings (SSSR count). The molecule has 1 atom stereocenters. The number of hydrogen-bond donors (Lipinski definition) is 1. The molecule has 0 saturated carbocycles. The van der Waals surface area contributed by atoms with Crippen LogP contribution in [0.5, 0.6) is 5.75 Å². The second kappa shape index (κ2) is 5.40. The molecule has 1 aromatic carbocycles. The van der Waals surface area contributed by atoms with Crippen molar-refractivity contribution in [3.8, 4) is 5.75 Å². The van der Waals surface area contributed by atoms with Gasteiger partial charge in [-0.3, -0.25) is 4.79 Å². The van der Waals surface area contributed by atoms with Gasteiger partial charge in [0.25, 0.3) is 0 Å². The molecule has 1 saturated heterocycles. The maximum absolute atomic E-state index is 11.5. The van der Waals surface area contributed by atoms with Gasteiger partial charge in [0.2, 0.25) is 0 Å². The lowest BCUT2D eigenvalue weighted by atomic mass is 9.83. The van der Waals surface area contributed by atoms with Gasteiger partial charge in [0.05, 0.1) is 26.2 Å². The second-order valence-electron chi connectivity index (χ2n) is 4.54. The lowest BCUT2D eigenvalue weighted by Gasteiger charge is -2.32. The van der Waals surface area contributed by atoms with Gasteiger partial charge < -0.3 is 14.6 Å². The number of carbonyl (C=O) groups is 1. The van der Waals surface area contributed by atoms with E-state index in [1.165, 1.54) is 0 Å². The predicted molar refractivity (Wildman–Crippen MR) is 67.1 cm³/mol. The number of hydrogen-bond acceptors (Lipinski definition) is 3. The van der Waals surface area contributed by atoms with Crippen LogP contribution < -0.4 is 4.74 Å². The molecule has 0 aliphatic carbocycles. The number of aryl methyl sites for hydroxylation is 1. The Kier molecular flexibility index (Phi) is 3.87. The molecule has 4 nitrogen and oxygen atoms in total. The highest BCUT2D eigenvalue weighted by molar-refractivity contribution is 5.78. The zero-order valence-corrected chi connectivity index (χ0v) is 10.7. The van der Waals surface area contributed by atoms with Crippen LogP contribution in [0.15, 0.2) is 18.2 Å². The number of ether oxygens (including phenoxy) is 2. The first-order valence-corrected chi connectivity index (χ1v) is 6.14. The molecular weight excluding hydrogens is 232 g/mol. The zero-order valence-electron chi connectivity index (χ0n) is 10.7. The summed E-state index contributed by atoms with van der Waals surface area (Å²) < 4.78 is 10.4. The van der Waals surface area contributed by atoms with Crippen LogP contribution in [-0.2, 0) is 16.0 Å². The van der Waals surface area contributed by atoms with Crippen molar-refractivity contribution < 1.29 is 19.4 Å². The highest BCUT2D eigenvalue weighted by Crippen LogP contribution is 2.36. The van der Waals surface area contributed by atoms with Gasteiger partial charge in [0.15, 0.2) is 0 Å². The summed E-state index contributed by atoms with van der Waals surface area (Å²) in [5, 5.41) is 9.43. The Bertz CT molecular complexity index is 437. The molecule has 18 heavy (non-hydrogen) atoms. The van der Waals surface area contributed by atoms with Gasteiger partial charge >= 0.3 is 5.97 Å². The smallest absolute Gasteiger partial charge is 0.311 e. The summed E-state index contributed by atoms with van der Waals surface area (Å²) in [6.07, 6.45) is 0.879. The highest BCUT2D eigenvalue weighted by atomic mass is 16.5. The summed E-state index contributed by atoms with van der Waals surface area (Å²) in [5.74, 6) is -0.662. The van der Waals surface area contributed by atoms with E-state index in [-0.39, 0.29) is 5.92 Å². The van der Waals surface area contributed by atoms with Crippen molar-refractivity contribution in [3.63, 3.8) is 0 Å². The molecule has 98 valence electrons. The molecule has 0 spiro atoms. The fraction of sp³-hybridized carbons (Fsp3) is 0.500. The number of carboxylic acid groups (broad SMARTS) is 1. The summed E-state index contributed by atoms with van der Waals surface area (Å²) in [6.45, 7) is 3.07. The first-order chi connectivity index (χ1) is 8.67. The van der Waals surface area contributed by atoms with Gasteiger partial charge in [-0.25, -0.2) is 0 Å². The Hall–Kier alpha value is -1.55. The third-order valence-electron chi connectivity index (χ3n) is 3.44. The van der Waals surface area contributed by atoms with E-state index < -0.39 is 11.9 Å². The van der Waals surface area contributed by atoms with E-state index in [9.17, 15) is 9.90 Å². The Labute approximate surface area is 107 Å². The molecule has 0 bridgehead atoms. The maximum atomic E-state index is 11.5. The number of methoxy groups -OCH3 is 1. The van der Waals surface area contributed by atoms with E-state index in [4.69, 9.17) is 9.47 Å². The summed E-state index contributed by atoms with van der Waals surface area (Å²) in [7, 11) is 1.57. The van der Waals surface area contributed by atoms with Crippen LogP contribution >= 0.6 is 0 Å². The second-order valence-corrected chi connectivity index (χ2v) is 4.54. The molecule has 1 N–H and O–H groups in total. The predicted octanol–water partition coefficient (Wildman–Crippen LogP) is 2.07. The standard InChI is InChI=1S/C14H18O4/c1-3-9-4-5-12(17-2)11(6-9)13(14(15)16)10-7-18-8-10/h4-6,10,13H,3,7-8H2,1-2H3,(H,15,16). The molecule has 1 aromatic rings. The van der Waals surface area contributed by atoms with E-state index >= 15 is 0 Å². The highest BCUT2D eigenvalue weighted by Gasteiger charge is 2.36. The van der Waals surface area contributed by atoms with Crippen molar-refractivity contribution in [2.24, 2.45) is 5.92 Å². The molecule has 1 unspecified atom stereocenters. The van der Waals surface area contributed by atoms with Crippen molar-refractivity contribution >= 4 is 5.97 Å². The minimum Gasteiger partial charge on any atom is -0.496 e. The Morgan fingerprint density at radius 3 is 2.72 bits per heavy atom. The molecule has 0 radical (unpaired) electrons. The molecular formula is C14H18O4. The first kappa shape index (κ1) is 12.9. The first-order valence-electron chi connectivity index (χ1n) is 6.14. The van der Waals surface area contributed by atoms with Crippen molar-refractivity contribution in [1.82, 2.24) is 0 Å². The van der Waals surface area contributed by atoms with E-state index in [2.05, 4.69) is 0 Å². The molecule has 1 fully saturated rings. The summed E-state index contributed by atoms with van der Waals surface area (Å²) in [5.41, 5.74) is 1.88. The lowest BCUT2D eigenvalue weighted by Crippen LogP contribution is -2.37. The molecule has 1 aliphatic rings. The van der Waals surface area contributed by atoms with Crippen molar-refractivity contribution in [2.45, 2.75) is 19.3 Å². The summed E-state index contributed by atoms with van der Waals surface area (Å²) in [4.78, 5) is 11.5. The fourth-order valence-electron chi connectivity index (χ4n) is 2.28. The van der Waals surface area contributed by atoms with Crippen molar-refractivity contribution in [2.75, 3.05) is 20.3 Å². The average Bonchev–Trinajstić information content (AvgIpc) is 2.32. The van der Waals surface area contributed by atoms with Crippen molar-refractivity contribution in [3.05, 3.63) is 29.3 Å². The SMILES string of the molecule is CCc1ccc(OC)c(C(C(=O)O)C2COC2)c1. The Morgan fingerprint density at radius 1 is 1.56 bits per heavy atom. The van der Waals surface area contributed by atoms with Gasteiger partial charge in [0, 0.05) is 11.5 Å². The quantitative estimate of drug-likeness (QED) is 0.869. The van der Waals surface area contributed by atoms with Gasteiger partial charge in [-0.05, 0) is 18.1 Å². The van der Waals surface area contributed by atoms with Crippen LogP contribution in [0.25, 0.3) is 0 Å². The summed E-state index contributed by atoms with van der Waals surface area (Å²) in [6, 6.07) is 5.76. The van der Waals surface area contributed by atoms with E-state index in [0.717, 1.165) is 17.5 Å². The molecule has 0 aromatic heterocycles. The third kappa shape index (κ3) is 2.34. The monoisotopic (exact) mass is 250 g/mol. The molecule has 1 aliphatic heterocycles. The number of carboxylic acids is 1. The normalized spacial score (nSPS) is 17.0. The number of aliphatic carboxylic acids is 1. The minimum atomic E-state index is -0.810. The van der Waals surface area contributed by atoms with Crippen LogP contribution in [0.2, 0.25) is 0 Å². The lowest BCUT2D eigenvalue weighted by molar-refractivity contribution is -0.146. The summed E-state index contributed by atoms with van der Waals surface area (Å²) >= 11 is 0. The minimum absolute atomic E-state index is 0.0449. The molecule has 4 heteroatoms. The average molecular weight is 250 g/mol. The van der Waals surface area contributed by atoms with E-state index in [1.807, 2.05) is 25.1 Å². The van der Waals surface area contributed by atoms with Gasteiger partial charge in [0.1, 0.15) is 5.75 Å². The van der Waals surface area contributed by atoms with Gasteiger partial charge in [-0.15, -0.1) is 0 Å².